The quantitative estimate of drug-likeness (QED) is 0.610. The fraction of sp³-hybridized carbons (Fsp3) is 0.500. The second kappa shape index (κ2) is 6.36. The Morgan fingerprint density at radius 2 is 2.25 bits per heavy atom. The summed E-state index contributed by atoms with van der Waals surface area (Å²) in [6, 6.07) is -0.459. The molecule has 0 N–H and O–H groups in total. The number of hydrogen-bond acceptors (Lipinski definition) is 4. The summed E-state index contributed by atoms with van der Waals surface area (Å²) in [5.41, 5.74) is 0.854. The molecule has 0 aliphatic carbocycles. The molecule has 0 bridgehead atoms. The van der Waals surface area contributed by atoms with Crippen LogP contribution >= 0.6 is 0 Å². The summed E-state index contributed by atoms with van der Waals surface area (Å²) in [5, 5.41) is 4.03. The predicted molar refractivity (Wildman–Crippen MR) is 73.6 cm³/mol. The van der Waals surface area contributed by atoms with Gasteiger partial charge in [0.25, 0.3) is 0 Å². The van der Waals surface area contributed by atoms with E-state index in [-0.39, 0.29) is 11.9 Å². The van der Waals surface area contributed by atoms with Gasteiger partial charge in [-0.2, -0.15) is 5.10 Å². The molecule has 1 aliphatic rings. The summed E-state index contributed by atoms with van der Waals surface area (Å²) in [4.78, 5) is 25.5. The summed E-state index contributed by atoms with van der Waals surface area (Å²) in [7, 11) is 3.17. The highest BCUT2D eigenvalue weighted by Crippen LogP contribution is 2.18. The van der Waals surface area contributed by atoms with Crippen LogP contribution in [0.3, 0.4) is 0 Å². The number of amides is 1. The van der Waals surface area contributed by atoms with Gasteiger partial charge in [-0.05, 0) is 25.3 Å². The number of carbonyl (C=O) groups is 2. The molecule has 2 heterocycles. The standard InChI is InChI=1S/C14H19N3O3/c1-16-10-11(9-15-16)6-7-13(18)17-8-4-3-5-12(17)14(19)20-2/h6-7,9-10,12H,3-5,8H2,1-2H3/b7-6-/t12-/m0/s1. The lowest BCUT2D eigenvalue weighted by molar-refractivity contribution is -0.153. The number of piperidine rings is 1. The molecule has 6 nitrogen and oxygen atoms in total. The number of aryl methyl sites for hydroxylation is 1. The average molecular weight is 277 g/mol. The van der Waals surface area contributed by atoms with Crippen LogP contribution in [0.2, 0.25) is 0 Å². The molecule has 1 aliphatic heterocycles. The number of hydrogen-bond donors (Lipinski definition) is 0. The molecular weight excluding hydrogens is 258 g/mol. The van der Waals surface area contributed by atoms with Gasteiger partial charge in [0, 0.05) is 31.4 Å². The summed E-state index contributed by atoms with van der Waals surface area (Å²) >= 11 is 0. The van der Waals surface area contributed by atoms with Gasteiger partial charge in [0.1, 0.15) is 6.04 Å². The fourth-order valence-corrected chi connectivity index (χ4v) is 2.37. The number of rotatable bonds is 3. The van der Waals surface area contributed by atoms with Crippen LogP contribution in [0.4, 0.5) is 0 Å². The molecule has 0 saturated carbocycles. The van der Waals surface area contributed by atoms with Gasteiger partial charge in [-0.3, -0.25) is 9.48 Å². The second-order valence-corrected chi connectivity index (χ2v) is 4.85. The molecule has 1 atom stereocenters. The molecule has 1 aromatic rings. The van der Waals surface area contributed by atoms with Crippen molar-refractivity contribution in [2.75, 3.05) is 13.7 Å². The van der Waals surface area contributed by atoms with Gasteiger partial charge in [-0.1, -0.05) is 0 Å². The first-order valence-electron chi connectivity index (χ1n) is 6.67. The first kappa shape index (κ1) is 14.3. The van der Waals surface area contributed by atoms with E-state index < -0.39 is 6.04 Å². The van der Waals surface area contributed by atoms with E-state index in [0.717, 1.165) is 18.4 Å². The largest absolute Gasteiger partial charge is 0.467 e. The fourth-order valence-electron chi connectivity index (χ4n) is 2.37. The molecule has 2 rings (SSSR count). The zero-order valence-electron chi connectivity index (χ0n) is 11.8. The minimum Gasteiger partial charge on any atom is -0.467 e. The lowest BCUT2D eigenvalue weighted by atomic mass is 10.0. The van der Waals surface area contributed by atoms with Gasteiger partial charge in [-0.15, -0.1) is 0 Å². The zero-order chi connectivity index (χ0) is 14.5. The average Bonchev–Trinajstić information content (AvgIpc) is 2.89. The number of esters is 1. The molecule has 0 aromatic carbocycles. The van der Waals surface area contributed by atoms with Crippen molar-refractivity contribution in [1.82, 2.24) is 14.7 Å². The summed E-state index contributed by atoms with van der Waals surface area (Å²) < 4.78 is 6.43. The van der Waals surface area contributed by atoms with Crippen LogP contribution in [-0.2, 0) is 21.4 Å². The van der Waals surface area contributed by atoms with Crippen LogP contribution in [0, 0.1) is 0 Å². The number of methoxy groups -OCH3 is 1. The maximum absolute atomic E-state index is 12.2. The van der Waals surface area contributed by atoms with Crippen molar-refractivity contribution in [3.8, 4) is 0 Å². The molecule has 6 heteroatoms. The monoisotopic (exact) mass is 277 g/mol. The Labute approximate surface area is 118 Å². The van der Waals surface area contributed by atoms with Crippen molar-refractivity contribution in [3.05, 3.63) is 24.0 Å². The molecule has 1 aromatic heterocycles. The smallest absolute Gasteiger partial charge is 0.328 e. The van der Waals surface area contributed by atoms with Gasteiger partial charge < -0.3 is 9.64 Å². The van der Waals surface area contributed by atoms with Gasteiger partial charge in [0.2, 0.25) is 5.91 Å². The maximum atomic E-state index is 12.2. The van der Waals surface area contributed by atoms with E-state index in [1.54, 1.807) is 21.9 Å². The molecule has 108 valence electrons. The van der Waals surface area contributed by atoms with Crippen molar-refractivity contribution in [2.45, 2.75) is 25.3 Å². The van der Waals surface area contributed by atoms with Crippen molar-refractivity contribution in [3.63, 3.8) is 0 Å². The van der Waals surface area contributed by atoms with Gasteiger partial charge >= 0.3 is 5.97 Å². The van der Waals surface area contributed by atoms with Gasteiger partial charge in [0.15, 0.2) is 0 Å². The number of nitrogens with zero attached hydrogens (tertiary/aromatic N) is 3. The maximum Gasteiger partial charge on any atom is 0.328 e. The molecule has 1 saturated heterocycles. The third kappa shape index (κ3) is 3.26. The molecule has 1 fully saturated rings. The van der Waals surface area contributed by atoms with E-state index in [2.05, 4.69) is 5.10 Å². The van der Waals surface area contributed by atoms with E-state index in [0.29, 0.717) is 13.0 Å². The Kier molecular flexibility index (Phi) is 4.55. The summed E-state index contributed by atoms with van der Waals surface area (Å²) in [6.07, 6.45) is 9.21. The van der Waals surface area contributed by atoms with Crippen LogP contribution in [0.1, 0.15) is 24.8 Å². The number of aromatic nitrogens is 2. The van der Waals surface area contributed by atoms with Crippen molar-refractivity contribution in [1.29, 1.82) is 0 Å². The lowest BCUT2D eigenvalue weighted by Crippen LogP contribution is -2.47. The highest BCUT2D eigenvalue weighted by atomic mass is 16.5. The van der Waals surface area contributed by atoms with Crippen LogP contribution in [0.25, 0.3) is 6.08 Å². The predicted octanol–water partition coefficient (Wildman–Crippen LogP) is 0.987. The molecular formula is C14H19N3O3. The summed E-state index contributed by atoms with van der Waals surface area (Å²) in [5.74, 6) is -0.503. The molecule has 20 heavy (non-hydrogen) atoms. The normalized spacial score (nSPS) is 19.3. The topological polar surface area (TPSA) is 64.4 Å². The van der Waals surface area contributed by atoms with Crippen LogP contribution in [-0.4, -0.2) is 46.3 Å². The summed E-state index contributed by atoms with van der Waals surface area (Å²) in [6.45, 7) is 0.593. The molecule has 0 radical (unpaired) electrons. The van der Waals surface area contributed by atoms with E-state index >= 15 is 0 Å². The zero-order valence-corrected chi connectivity index (χ0v) is 11.8. The van der Waals surface area contributed by atoms with Crippen molar-refractivity contribution in [2.24, 2.45) is 7.05 Å². The molecule has 0 unspecified atom stereocenters. The Morgan fingerprint density at radius 3 is 2.90 bits per heavy atom. The minimum atomic E-state index is -0.459. The Bertz CT molecular complexity index is 521. The highest BCUT2D eigenvalue weighted by molar-refractivity contribution is 5.94. The van der Waals surface area contributed by atoms with Crippen LogP contribution in [0.5, 0.6) is 0 Å². The Morgan fingerprint density at radius 1 is 1.45 bits per heavy atom. The minimum absolute atomic E-state index is 0.163. The molecule has 0 spiro atoms. The third-order valence-electron chi connectivity index (χ3n) is 3.40. The van der Waals surface area contributed by atoms with Crippen LogP contribution in [0.15, 0.2) is 18.5 Å². The van der Waals surface area contributed by atoms with Crippen molar-refractivity contribution >= 4 is 18.0 Å². The first-order valence-corrected chi connectivity index (χ1v) is 6.67. The van der Waals surface area contributed by atoms with Crippen molar-refractivity contribution < 1.29 is 14.3 Å². The van der Waals surface area contributed by atoms with E-state index in [9.17, 15) is 9.59 Å². The number of likely N-dealkylation sites (tertiary alicyclic amines) is 1. The SMILES string of the molecule is COC(=O)[C@@H]1CCCCN1C(=O)/C=C\c1cnn(C)c1. The third-order valence-corrected chi connectivity index (χ3v) is 3.40. The van der Waals surface area contributed by atoms with Crippen LogP contribution < -0.4 is 0 Å². The number of ether oxygens (including phenoxy) is 1. The van der Waals surface area contributed by atoms with Gasteiger partial charge in [0.05, 0.1) is 13.3 Å². The van der Waals surface area contributed by atoms with E-state index in [4.69, 9.17) is 4.74 Å². The highest BCUT2D eigenvalue weighted by Gasteiger charge is 2.31. The second-order valence-electron chi connectivity index (χ2n) is 4.85. The molecule has 1 amide bonds. The van der Waals surface area contributed by atoms with E-state index in [1.807, 2.05) is 13.2 Å². The lowest BCUT2D eigenvalue weighted by Gasteiger charge is -2.32. The number of carbonyl (C=O) groups excluding carboxylic acids is 2. The van der Waals surface area contributed by atoms with Gasteiger partial charge in [-0.25, -0.2) is 4.79 Å². The Hall–Kier alpha value is -2.11. The first-order chi connectivity index (χ1) is 9.61. The van der Waals surface area contributed by atoms with E-state index in [1.165, 1.54) is 13.2 Å². The Balaban J connectivity index is 2.06.